The van der Waals surface area contributed by atoms with Gasteiger partial charge in [-0.3, -0.25) is 0 Å². The van der Waals surface area contributed by atoms with Crippen molar-refractivity contribution in [3.63, 3.8) is 0 Å². The predicted octanol–water partition coefficient (Wildman–Crippen LogP) is 21.5. The van der Waals surface area contributed by atoms with E-state index in [0.717, 1.165) is 40.5 Å². The van der Waals surface area contributed by atoms with Gasteiger partial charge in [0.1, 0.15) is 0 Å². The summed E-state index contributed by atoms with van der Waals surface area (Å²) in [6.45, 7) is 7.24. The Kier molecular flexibility index (Phi) is 11.4. The van der Waals surface area contributed by atoms with Gasteiger partial charge < -0.3 is 9.80 Å². The fourth-order valence-corrected chi connectivity index (χ4v) is 16.6. The molecule has 3 atom stereocenters. The molecule has 0 aromatic heterocycles. The second-order valence-electron chi connectivity index (χ2n) is 24.8. The highest BCUT2D eigenvalue weighted by Gasteiger charge is 2.53. The van der Waals surface area contributed by atoms with Gasteiger partial charge in [-0.25, -0.2) is 0 Å². The molecule has 2 bridgehead atoms. The Bertz CT molecular complexity index is 4230. The molecule has 0 aliphatic heterocycles. The van der Waals surface area contributed by atoms with E-state index < -0.39 is 5.41 Å². The van der Waals surface area contributed by atoms with E-state index in [1.807, 2.05) is 0 Å². The van der Waals surface area contributed by atoms with E-state index in [0.29, 0.717) is 5.92 Å². The van der Waals surface area contributed by atoms with Crippen LogP contribution in [0.3, 0.4) is 0 Å². The van der Waals surface area contributed by atoms with E-state index in [1.54, 1.807) is 0 Å². The van der Waals surface area contributed by atoms with Crippen LogP contribution in [-0.4, -0.2) is 0 Å². The summed E-state index contributed by atoms with van der Waals surface area (Å²) in [5.41, 5.74) is 28.1. The summed E-state index contributed by atoms with van der Waals surface area (Å²) >= 11 is 0. The van der Waals surface area contributed by atoms with E-state index in [9.17, 15) is 0 Å². The largest absolute Gasteiger partial charge is 0.310 e. The fraction of sp³-hybridized carbons (Fsp3) is 0.175. The number of anilines is 6. The van der Waals surface area contributed by atoms with Gasteiger partial charge in [0.05, 0.1) is 16.8 Å². The molecule has 0 heterocycles. The molecule has 3 unspecified atom stereocenters. The Morgan fingerprint density at radius 1 is 0.329 bits per heavy atom. The zero-order chi connectivity index (χ0) is 54.7. The van der Waals surface area contributed by atoms with Gasteiger partial charge in [-0.2, -0.15) is 0 Å². The predicted molar refractivity (Wildman–Crippen MR) is 343 cm³/mol. The first-order valence-corrected chi connectivity index (χ1v) is 30.1. The number of hydrogen-bond acceptors (Lipinski definition) is 2. The van der Waals surface area contributed by atoms with Crippen LogP contribution in [0, 0.1) is 17.8 Å². The number of benzene rings is 11. The molecule has 0 N–H and O–H groups in total. The second-order valence-corrected chi connectivity index (χ2v) is 24.8. The van der Waals surface area contributed by atoms with Crippen molar-refractivity contribution in [3.05, 3.63) is 300 Å². The first-order chi connectivity index (χ1) is 40.3. The molecule has 11 aromatic carbocycles. The molecule has 5 aliphatic rings. The SMILES string of the molecule is CC1CC2CCCC(C1)C2c1ccc(N(c2ccccc2)c2cc3c(cc2-c2ccccc2)-c2ccccc2C32c3ccccc3-c3cc(-c4ccccc4)c(N(c4ccccc4)c4ccc5c(c4)-c4ccccc4C5(C)C)cc32)cc1. The van der Waals surface area contributed by atoms with Crippen LogP contribution < -0.4 is 9.80 Å². The van der Waals surface area contributed by atoms with Gasteiger partial charge in [0.25, 0.3) is 0 Å². The Labute approximate surface area is 484 Å². The van der Waals surface area contributed by atoms with Crippen molar-refractivity contribution in [2.45, 2.75) is 69.6 Å². The van der Waals surface area contributed by atoms with Gasteiger partial charge >= 0.3 is 0 Å². The summed E-state index contributed by atoms with van der Waals surface area (Å²) in [7, 11) is 0. The summed E-state index contributed by atoms with van der Waals surface area (Å²) in [5.74, 6) is 3.01. The number of hydrogen-bond donors (Lipinski definition) is 0. The Morgan fingerprint density at radius 2 is 0.720 bits per heavy atom. The van der Waals surface area contributed by atoms with Crippen LogP contribution >= 0.6 is 0 Å². The van der Waals surface area contributed by atoms with Gasteiger partial charge in [0, 0.05) is 39.3 Å². The van der Waals surface area contributed by atoms with Crippen molar-refractivity contribution < 1.29 is 0 Å². The zero-order valence-corrected chi connectivity index (χ0v) is 47.1. The molecular formula is C80H66N2. The van der Waals surface area contributed by atoms with Gasteiger partial charge in [-0.15, -0.1) is 0 Å². The minimum Gasteiger partial charge on any atom is -0.310 e. The molecule has 11 aromatic rings. The smallest absolute Gasteiger partial charge is 0.0727 e. The third kappa shape index (κ3) is 7.39. The van der Waals surface area contributed by atoms with Crippen molar-refractivity contribution in [1.29, 1.82) is 0 Å². The minimum absolute atomic E-state index is 0.113. The standard InChI is InChI=1S/C80H66N2/c1-52-45-56-27-22-28-57(46-52)78(56)55-39-41-60(42-40-55)81(58-29-12-6-13-30-58)76-50-74-68(48-65(76)53-23-8-4-9-24-53)63-34-17-20-37-72(63)80(74)73-38-21-18-35-64(73)69-49-66(54-25-10-5-11-26-54)77(51-75(69)80)82(59-31-14-7-15-32-59)61-43-44-71-67(47-61)62-33-16-19-36-70(62)79(71,2)3/h4-21,23-26,29-44,47-52,56-57,78H,22,27-28,45-46H2,1-3H3. The van der Waals surface area contributed by atoms with Gasteiger partial charge in [0.15, 0.2) is 0 Å². The summed E-state index contributed by atoms with van der Waals surface area (Å²) < 4.78 is 0. The monoisotopic (exact) mass is 1050 g/mol. The molecule has 1 spiro atoms. The maximum atomic E-state index is 2.61. The summed E-state index contributed by atoms with van der Waals surface area (Å²) in [6.07, 6.45) is 6.80. The zero-order valence-electron chi connectivity index (χ0n) is 47.1. The molecule has 2 heteroatoms. The number of para-hydroxylation sites is 2. The van der Waals surface area contributed by atoms with E-state index in [2.05, 4.69) is 291 Å². The van der Waals surface area contributed by atoms with Crippen molar-refractivity contribution in [3.8, 4) is 55.6 Å². The van der Waals surface area contributed by atoms with Crippen LogP contribution in [-0.2, 0) is 10.8 Å². The lowest BCUT2D eigenvalue weighted by molar-refractivity contribution is 0.111. The van der Waals surface area contributed by atoms with Crippen molar-refractivity contribution in [1.82, 2.24) is 0 Å². The Morgan fingerprint density at radius 3 is 1.23 bits per heavy atom. The van der Waals surface area contributed by atoms with Gasteiger partial charge in [-0.05, 0) is 206 Å². The van der Waals surface area contributed by atoms with E-state index in [4.69, 9.17) is 0 Å². The third-order valence-corrected chi connectivity index (χ3v) is 19.9. The average Bonchev–Trinajstić information content (AvgIpc) is 1.97. The molecule has 0 amide bonds. The lowest BCUT2D eigenvalue weighted by Gasteiger charge is -2.45. The average molecular weight is 1060 g/mol. The van der Waals surface area contributed by atoms with Crippen LogP contribution in [0.1, 0.15) is 97.7 Å². The van der Waals surface area contributed by atoms with Crippen LogP contribution in [0.5, 0.6) is 0 Å². The quantitative estimate of drug-likeness (QED) is 0.142. The second kappa shape index (κ2) is 19.1. The van der Waals surface area contributed by atoms with E-state index in [1.165, 1.54) is 138 Å². The molecule has 16 rings (SSSR count). The Hall–Kier alpha value is -8.98. The summed E-state index contributed by atoms with van der Waals surface area (Å²) in [5, 5.41) is 0. The topological polar surface area (TPSA) is 6.48 Å². The molecule has 5 aliphatic carbocycles. The molecule has 2 nitrogen and oxygen atoms in total. The van der Waals surface area contributed by atoms with Crippen molar-refractivity contribution in [2.75, 3.05) is 9.80 Å². The van der Waals surface area contributed by atoms with Crippen LogP contribution in [0.15, 0.2) is 261 Å². The highest BCUT2D eigenvalue weighted by Crippen LogP contribution is 2.66. The highest BCUT2D eigenvalue weighted by molar-refractivity contribution is 6.03. The molecule has 2 fully saturated rings. The normalized spacial score (nSPS) is 20.0. The van der Waals surface area contributed by atoms with Crippen LogP contribution in [0.25, 0.3) is 55.6 Å². The van der Waals surface area contributed by atoms with E-state index >= 15 is 0 Å². The summed E-state index contributed by atoms with van der Waals surface area (Å²) in [6, 6.07) is 99.5. The maximum absolute atomic E-state index is 2.61. The number of fused-ring (bicyclic) bond motifs is 15. The van der Waals surface area contributed by atoms with Crippen molar-refractivity contribution >= 4 is 34.1 Å². The van der Waals surface area contributed by atoms with Crippen molar-refractivity contribution in [2.24, 2.45) is 17.8 Å². The molecule has 2 saturated carbocycles. The van der Waals surface area contributed by atoms with Gasteiger partial charge in [0.2, 0.25) is 0 Å². The highest BCUT2D eigenvalue weighted by atomic mass is 15.2. The molecular weight excluding hydrogens is 989 g/mol. The Balaban J connectivity index is 0.963. The third-order valence-electron chi connectivity index (χ3n) is 19.9. The van der Waals surface area contributed by atoms with Crippen LogP contribution in [0.4, 0.5) is 34.1 Å². The lowest BCUT2D eigenvalue weighted by atomic mass is 9.60. The molecule has 0 radical (unpaired) electrons. The fourth-order valence-electron chi connectivity index (χ4n) is 16.6. The first kappa shape index (κ1) is 48.9. The van der Waals surface area contributed by atoms with E-state index in [-0.39, 0.29) is 5.41 Å². The first-order valence-electron chi connectivity index (χ1n) is 30.1. The lowest BCUT2D eigenvalue weighted by Crippen LogP contribution is -2.33. The molecule has 0 saturated heterocycles. The van der Waals surface area contributed by atoms with Crippen LogP contribution in [0.2, 0.25) is 0 Å². The number of rotatable bonds is 9. The summed E-state index contributed by atoms with van der Waals surface area (Å²) in [4.78, 5) is 5.10. The van der Waals surface area contributed by atoms with Gasteiger partial charge in [-0.1, -0.05) is 215 Å². The minimum atomic E-state index is -0.669. The molecule has 82 heavy (non-hydrogen) atoms. The maximum Gasteiger partial charge on any atom is 0.0727 e. The molecule has 396 valence electrons. The number of nitrogens with zero attached hydrogens (tertiary/aromatic N) is 2.